The minimum Gasteiger partial charge on any atom is -0.491 e. The summed E-state index contributed by atoms with van der Waals surface area (Å²) in [5, 5.41) is 22.0. The predicted molar refractivity (Wildman–Crippen MR) is 110 cm³/mol. The van der Waals surface area contributed by atoms with Crippen molar-refractivity contribution in [3.63, 3.8) is 0 Å². The highest BCUT2D eigenvalue weighted by Crippen LogP contribution is 2.27. The topological polar surface area (TPSA) is 87.9 Å². The van der Waals surface area contributed by atoms with Gasteiger partial charge in [-0.25, -0.2) is 9.97 Å². The van der Waals surface area contributed by atoms with Gasteiger partial charge in [0.05, 0.1) is 12.7 Å². The van der Waals surface area contributed by atoms with Crippen LogP contribution in [0.3, 0.4) is 0 Å². The minimum atomic E-state index is -0.629. The van der Waals surface area contributed by atoms with Crippen molar-refractivity contribution in [1.82, 2.24) is 14.9 Å². The van der Waals surface area contributed by atoms with E-state index < -0.39 is 11.7 Å². The van der Waals surface area contributed by atoms with Crippen molar-refractivity contribution >= 4 is 10.8 Å². The van der Waals surface area contributed by atoms with Gasteiger partial charge in [-0.2, -0.15) is 0 Å². The molecule has 0 saturated carbocycles. The Morgan fingerprint density at radius 2 is 1.76 bits per heavy atom. The van der Waals surface area contributed by atoms with Gasteiger partial charge in [0.15, 0.2) is 0 Å². The Kier molecular flexibility index (Phi) is 5.36. The molecule has 2 N–H and O–H groups in total. The maximum Gasteiger partial charge on any atom is 0.316 e. The van der Waals surface area contributed by atoms with Crippen molar-refractivity contribution in [3.8, 4) is 22.9 Å². The Morgan fingerprint density at radius 1 is 1.07 bits per heavy atom. The van der Waals surface area contributed by atoms with Crippen LogP contribution in [-0.4, -0.2) is 70.1 Å². The van der Waals surface area contributed by atoms with E-state index in [2.05, 4.69) is 16.0 Å². The van der Waals surface area contributed by atoms with Crippen molar-refractivity contribution in [2.75, 3.05) is 33.4 Å². The standard InChI is InChI=1S/C22H25N3O4/c1-22(27)13-25(14-22)11-19(26)12-29-20-6-5-15-7-16(3-4-17(15)8-20)18-9-23-21(28-2)24-10-18/h3-10,19,26-27H,11-14H2,1-2H3. The fourth-order valence-electron chi connectivity index (χ4n) is 3.65. The molecule has 1 aliphatic rings. The van der Waals surface area contributed by atoms with Gasteiger partial charge in [-0.3, -0.25) is 4.90 Å². The van der Waals surface area contributed by atoms with E-state index in [4.69, 9.17) is 9.47 Å². The van der Waals surface area contributed by atoms with Crippen molar-refractivity contribution < 1.29 is 19.7 Å². The molecule has 4 rings (SSSR count). The molecule has 0 radical (unpaired) electrons. The van der Waals surface area contributed by atoms with Crippen molar-refractivity contribution in [2.45, 2.75) is 18.6 Å². The Hall–Kier alpha value is -2.74. The van der Waals surface area contributed by atoms with Gasteiger partial charge in [0.25, 0.3) is 0 Å². The third kappa shape index (κ3) is 4.64. The summed E-state index contributed by atoms with van der Waals surface area (Å²) in [5.74, 6) is 0.715. The maximum atomic E-state index is 10.2. The van der Waals surface area contributed by atoms with Crippen LogP contribution in [0, 0.1) is 0 Å². The number of rotatable bonds is 7. The summed E-state index contributed by atoms with van der Waals surface area (Å²) in [4.78, 5) is 10.3. The maximum absolute atomic E-state index is 10.2. The van der Waals surface area contributed by atoms with Crippen LogP contribution in [0.4, 0.5) is 0 Å². The first-order chi connectivity index (χ1) is 13.9. The fraction of sp³-hybridized carbons (Fsp3) is 0.364. The molecule has 0 bridgehead atoms. The molecule has 1 fully saturated rings. The Balaban J connectivity index is 1.39. The molecule has 29 heavy (non-hydrogen) atoms. The number of fused-ring (bicyclic) bond motifs is 1. The van der Waals surface area contributed by atoms with E-state index in [-0.39, 0.29) is 6.61 Å². The number of β-amino-alcohol motifs (C(OH)–C–C–N with tert-alkyl or cyclic N) is 2. The summed E-state index contributed by atoms with van der Waals surface area (Å²) >= 11 is 0. The van der Waals surface area contributed by atoms with E-state index >= 15 is 0 Å². The summed E-state index contributed by atoms with van der Waals surface area (Å²) in [6, 6.07) is 12.3. The van der Waals surface area contributed by atoms with E-state index in [1.54, 1.807) is 26.4 Å². The molecule has 152 valence electrons. The van der Waals surface area contributed by atoms with Gasteiger partial charge in [-0.1, -0.05) is 18.2 Å². The van der Waals surface area contributed by atoms with E-state index in [0.29, 0.717) is 31.4 Å². The lowest BCUT2D eigenvalue weighted by Gasteiger charge is -2.44. The Bertz CT molecular complexity index is 983. The second-order valence-corrected chi connectivity index (χ2v) is 7.81. The third-order valence-corrected chi connectivity index (χ3v) is 5.00. The third-order valence-electron chi connectivity index (χ3n) is 5.00. The van der Waals surface area contributed by atoms with Crippen LogP contribution in [-0.2, 0) is 0 Å². The van der Waals surface area contributed by atoms with E-state index in [1.165, 1.54) is 0 Å². The van der Waals surface area contributed by atoms with Gasteiger partial charge in [0.2, 0.25) is 0 Å². The first-order valence-corrected chi connectivity index (χ1v) is 9.58. The summed E-state index contributed by atoms with van der Waals surface area (Å²) in [7, 11) is 1.54. The molecule has 7 nitrogen and oxygen atoms in total. The van der Waals surface area contributed by atoms with Crippen LogP contribution in [0.1, 0.15) is 6.92 Å². The fourth-order valence-corrected chi connectivity index (χ4v) is 3.65. The molecule has 1 saturated heterocycles. The number of likely N-dealkylation sites (tertiary alicyclic amines) is 1. The Labute approximate surface area is 169 Å². The molecule has 1 unspecified atom stereocenters. The molecule has 7 heteroatoms. The highest BCUT2D eigenvalue weighted by atomic mass is 16.5. The number of hydrogen-bond donors (Lipinski definition) is 2. The monoisotopic (exact) mass is 395 g/mol. The zero-order chi connectivity index (χ0) is 20.4. The molecule has 0 aliphatic carbocycles. The van der Waals surface area contributed by atoms with E-state index in [1.807, 2.05) is 35.2 Å². The summed E-state index contributed by atoms with van der Waals surface area (Å²) in [6.07, 6.45) is 2.88. The van der Waals surface area contributed by atoms with Gasteiger partial charge < -0.3 is 19.7 Å². The molecular weight excluding hydrogens is 370 g/mol. The van der Waals surface area contributed by atoms with Crippen molar-refractivity contribution in [3.05, 3.63) is 48.8 Å². The number of aliphatic hydroxyl groups excluding tert-OH is 1. The molecule has 0 amide bonds. The van der Waals surface area contributed by atoms with Crippen LogP contribution < -0.4 is 9.47 Å². The highest BCUT2D eigenvalue weighted by Gasteiger charge is 2.37. The van der Waals surface area contributed by atoms with Crippen molar-refractivity contribution in [2.24, 2.45) is 0 Å². The Morgan fingerprint density at radius 3 is 2.45 bits per heavy atom. The van der Waals surface area contributed by atoms with Gasteiger partial charge in [-0.15, -0.1) is 0 Å². The quantitative estimate of drug-likeness (QED) is 0.633. The largest absolute Gasteiger partial charge is 0.491 e. The zero-order valence-electron chi connectivity index (χ0n) is 16.6. The van der Waals surface area contributed by atoms with Crippen LogP contribution >= 0.6 is 0 Å². The van der Waals surface area contributed by atoms with Gasteiger partial charge in [0, 0.05) is 37.6 Å². The van der Waals surface area contributed by atoms with Crippen LogP contribution in [0.25, 0.3) is 21.9 Å². The summed E-state index contributed by atoms with van der Waals surface area (Å²) in [6.45, 7) is 3.68. The molecule has 3 aromatic rings. The van der Waals surface area contributed by atoms with Crippen LogP contribution in [0.5, 0.6) is 11.8 Å². The summed E-state index contributed by atoms with van der Waals surface area (Å²) in [5.41, 5.74) is 1.31. The summed E-state index contributed by atoms with van der Waals surface area (Å²) < 4.78 is 10.8. The minimum absolute atomic E-state index is 0.214. The highest BCUT2D eigenvalue weighted by molar-refractivity contribution is 5.88. The van der Waals surface area contributed by atoms with Gasteiger partial charge in [-0.05, 0) is 41.5 Å². The lowest BCUT2D eigenvalue weighted by molar-refractivity contribution is -0.0978. The first kappa shape index (κ1) is 19.6. The molecule has 2 aromatic carbocycles. The number of benzene rings is 2. The van der Waals surface area contributed by atoms with Crippen LogP contribution in [0.15, 0.2) is 48.8 Å². The average molecular weight is 395 g/mol. The van der Waals surface area contributed by atoms with E-state index in [0.717, 1.165) is 21.9 Å². The number of ether oxygens (including phenoxy) is 2. The average Bonchev–Trinajstić information content (AvgIpc) is 2.70. The number of aliphatic hydroxyl groups is 2. The van der Waals surface area contributed by atoms with E-state index in [9.17, 15) is 10.2 Å². The lowest BCUT2D eigenvalue weighted by Crippen LogP contribution is -2.61. The molecule has 0 spiro atoms. The zero-order valence-corrected chi connectivity index (χ0v) is 16.6. The number of nitrogens with zero attached hydrogens (tertiary/aromatic N) is 3. The molecule has 2 heterocycles. The second-order valence-electron chi connectivity index (χ2n) is 7.81. The molecule has 1 atom stereocenters. The number of hydrogen-bond acceptors (Lipinski definition) is 7. The van der Waals surface area contributed by atoms with Crippen molar-refractivity contribution in [1.29, 1.82) is 0 Å². The molecule has 1 aromatic heterocycles. The number of methoxy groups -OCH3 is 1. The normalized spacial score (nSPS) is 17.0. The van der Waals surface area contributed by atoms with Crippen LogP contribution in [0.2, 0.25) is 0 Å². The SMILES string of the molecule is COc1ncc(-c2ccc3cc(OCC(O)CN4CC(C)(O)C4)ccc3c2)cn1. The molecular formula is C22H25N3O4. The van der Waals surface area contributed by atoms with Gasteiger partial charge in [0.1, 0.15) is 18.5 Å². The first-order valence-electron chi connectivity index (χ1n) is 9.58. The lowest BCUT2D eigenvalue weighted by atomic mass is 9.97. The predicted octanol–water partition coefficient (Wildman–Crippen LogP) is 2.11. The molecule has 1 aliphatic heterocycles. The second kappa shape index (κ2) is 7.94. The smallest absolute Gasteiger partial charge is 0.316 e. The number of aromatic nitrogens is 2. The van der Waals surface area contributed by atoms with Gasteiger partial charge >= 0.3 is 6.01 Å².